The Bertz CT molecular complexity index is 623. The molecule has 25 heavy (non-hydrogen) atoms. The van der Waals surface area contributed by atoms with Crippen molar-refractivity contribution < 1.29 is 29.3 Å². The van der Waals surface area contributed by atoms with Crippen LogP contribution >= 0.6 is 0 Å². The van der Waals surface area contributed by atoms with Gasteiger partial charge >= 0.3 is 11.9 Å². The number of aliphatic hydroxyl groups is 2. The van der Waals surface area contributed by atoms with E-state index in [0.717, 1.165) is 5.57 Å². The van der Waals surface area contributed by atoms with Crippen LogP contribution < -0.4 is 0 Å². The lowest BCUT2D eigenvalue weighted by Gasteiger charge is -2.31. The van der Waals surface area contributed by atoms with Gasteiger partial charge in [0, 0.05) is 36.2 Å². The Kier molecular flexibility index (Phi) is 4.54. The zero-order valence-corrected chi connectivity index (χ0v) is 14.7. The largest absolute Gasteiger partial charge is 0.461 e. The van der Waals surface area contributed by atoms with Crippen LogP contribution in [0.4, 0.5) is 0 Å². The maximum absolute atomic E-state index is 12.1. The van der Waals surface area contributed by atoms with E-state index >= 15 is 0 Å². The topological polar surface area (TPSA) is 93.1 Å². The van der Waals surface area contributed by atoms with Crippen LogP contribution in [0.3, 0.4) is 0 Å². The van der Waals surface area contributed by atoms with Gasteiger partial charge in [-0.15, -0.1) is 0 Å². The number of esters is 2. The van der Waals surface area contributed by atoms with E-state index in [1.165, 1.54) is 0 Å². The fraction of sp³-hybridized carbons (Fsp3) is 0.684. The second kappa shape index (κ2) is 6.25. The molecule has 138 valence electrons. The highest BCUT2D eigenvalue weighted by Gasteiger charge is 2.58. The van der Waals surface area contributed by atoms with Crippen molar-refractivity contribution in [1.82, 2.24) is 0 Å². The summed E-state index contributed by atoms with van der Waals surface area (Å²) in [5, 5.41) is 20.8. The van der Waals surface area contributed by atoms with Crippen LogP contribution in [0, 0.1) is 23.7 Å². The van der Waals surface area contributed by atoms with Crippen LogP contribution in [0.25, 0.3) is 0 Å². The van der Waals surface area contributed by atoms with Gasteiger partial charge in [0.15, 0.2) is 0 Å². The van der Waals surface area contributed by atoms with E-state index in [2.05, 4.69) is 13.2 Å². The Hall–Kier alpha value is -1.66. The number of carbonyl (C=O) groups excluding carboxylic acids is 2. The molecule has 3 aliphatic rings. The molecular weight excluding hydrogens is 324 g/mol. The van der Waals surface area contributed by atoms with E-state index in [0.29, 0.717) is 18.4 Å². The summed E-state index contributed by atoms with van der Waals surface area (Å²) in [5.41, 5.74) is -0.191. The van der Waals surface area contributed by atoms with Crippen molar-refractivity contribution in [2.75, 3.05) is 6.61 Å². The fourth-order valence-corrected chi connectivity index (χ4v) is 4.53. The van der Waals surface area contributed by atoms with Crippen LogP contribution in [0.5, 0.6) is 0 Å². The van der Waals surface area contributed by atoms with E-state index in [-0.39, 0.29) is 42.2 Å². The Morgan fingerprint density at radius 1 is 1.44 bits per heavy atom. The molecule has 0 spiro atoms. The summed E-state index contributed by atoms with van der Waals surface area (Å²) < 4.78 is 11.0. The number of rotatable bonds is 3. The van der Waals surface area contributed by atoms with Crippen LogP contribution in [0.2, 0.25) is 0 Å². The van der Waals surface area contributed by atoms with E-state index in [4.69, 9.17) is 9.47 Å². The number of fused-ring (bicyclic) bond motifs is 2. The summed E-state index contributed by atoms with van der Waals surface area (Å²) in [4.78, 5) is 23.9. The second-order valence-corrected chi connectivity index (χ2v) is 7.90. The molecule has 2 N–H and O–H groups in total. The van der Waals surface area contributed by atoms with Crippen molar-refractivity contribution in [3.63, 3.8) is 0 Å². The molecule has 3 fully saturated rings. The number of carbonyl (C=O) groups is 2. The summed E-state index contributed by atoms with van der Waals surface area (Å²) >= 11 is 0. The monoisotopic (exact) mass is 350 g/mol. The quantitative estimate of drug-likeness (QED) is 0.454. The molecule has 2 saturated carbocycles. The van der Waals surface area contributed by atoms with E-state index in [1.807, 2.05) is 0 Å². The minimum absolute atomic E-state index is 0.162. The van der Waals surface area contributed by atoms with E-state index < -0.39 is 24.3 Å². The van der Waals surface area contributed by atoms with Gasteiger partial charge in [0.1, 0.15) is 12.2 Å². The van der Waals surface area contributed by atoms with Crippen LogP contribution in [-0.4, -0.2) is 46.6 Å². The minimum atomic E-state index is -1.38. The minimum Gasteiger partial charge on any atom is -0.461 e. The molecule has 3 rings (SSSR count). The first-order valence-corrected chi connectivity index (χ1v) is 8.79. The molecule has 1 aliphatic heterocycles. The van der Waals surface area contributed by atoms with Gasteiger partial charge in [0.25, 0.3) is 0 Å². The van der Waals surface area contributed by atoms with Gasteiger partial charge in [0.2, 0.25) is 0 Å². The number of aliphatic hydroxyl groups excluding tert-OH is 1. The first-order valence-electron chi connectivity index (χ1n) is 8.79. The van der Waals surface area contributed by atoms with E-state index in [9.17, 15) is 19.8 Å². The highest BCUT2D eigenvalue weighted by Crippen LogP contribution is 2.53. The predicted molar refractivity (Wildman–Crippen MR) is 89.2 cm³/mol. The lowest BCUT2D eigenvalue weighted by atomic mass is 9.78. The van der Waals surface area contributed by atoms with Gasteiger partial charge in [-0.1, -0.05) is 32.6 Å². The van der Waals surface area contributed by atoms with Gasteiger partial charge in [-0.2, -0.15) is 0 Å². The van der Waals surface area contributed by atoms with Gasteiger partial charge < -0.3 is 19.7 Å². The Morgan fingerprint density at radius 3 is 2.72 bits per heavy atom. The van der Waals surface area contributed by atoms with E-state index in [1.54, 1.807) is 13.8 Å². The van der Waals surface area contributed by atoms with Gasteiger partial charge in [-0.25, -0.2) is 4.79 Å². The summed E-state index contributed by atoms with van der Waals surface area (Å²) in [6, 6.07) is 0. The molecule has 0 aromatic rings. The zero-order chi connectivity index (χ0) is 18.5. The summed E-state index contributed by atoms with van der Waals surface area (Å²) in [6.07, 6.45) is 0.184. The molecule has 2 aliphatic carbocycles. The number of hydrogen-bond donors (Lipinski definition) is 2. The summed E-state index contributed by atoms with van der Waals surface area (Å²) in [6.45, 7) is 11.0. The van der Waals surface area contributed by atoms with Gasteiger partial charge in [0.05, 0.1) is 18.1 Å². The standard InChI is InChI=1S/C19H26O6/c1-9(2)17(21)25-15-7-19(23,8-20)13-6-12-11(4)18(22)24-14(12)5-10(3)16(13)15/h9,12-16,20,23H,3-8H2,1-2H3. The molecule has 0 aromatic carbocycles. The predicted octanol–water partition coefficient (Wildman–Crippen LogP) is 1.36. The first kappa shape index (κ1) is 18.1. The molecular formula is C19H26O6. The highest BCUT2D eigenvalue weighted by molar-refractivity contribution is 5.90. The van der Waals surface area contributed by atoms with Crippen LogP contribution in [0.15, 0.2) is 24.3 Å². The normalized spacial score (nSPS) is 40.5. The zero-order valence-electron chi connectivity index (χ0n) is 14.7. The van der Waals surface area contributed by atoms with Crippen molar-refractivity contribution in [2.24, 2.45) is 23.7 Å². The van der Waals surface area contributed by atoms with Crippen LogP contribution in [0.1, 0.15) is 33.1 Å². The lowest BCUT2D eigenvalue weighted by Crippen LogP contribution is -2.40. The third kappa shape index (κ3) is 2.91. The molecule has 1 heterocycles. The maximum atomic E-state index is 12.1. The smallest absolute Gasteiger partial charge is 0.334 e. The van der Waals surface area contributed by atoms with Crippen LogP contribution in [-0.2, 0) is 19.1 Å². The molecule has 0 aromatic heterocycles. The molecule has 1 saturated heterocycles. The van der Waals surface area contributed by atoms with Gasteiger partial charge in [-0.05, 0) is 6.42 Å². The Balaban J connectivity index is 1.92. The average molecular weight is 350 g/mol. The third-order valence-corrected chi connectivity index (χ3v) is 5.95. The van der Waals surface area contributed by atoms with Crippen molar-refractivity contribution in [2.45, 2.75) is 50.9 Å². The third-order valence-electron chi connectivity index (χ3n) is 5.95. The van der Waals surface area contributed by atoms with Crippen molar-refractivity contribution >= 4 is 11.9 Å². The highest BCUT2D eigenvalue weighted by atomic mass is 16.6. The fourth-order valence-electron chi connectivity index (χ4n) is 4.53. The number of ether oxygens (including phenoxy) is 2. The molecule has 6 nitrogen and oxygen atoms in total. The number of hydrogen-bond acceptors (Lipinski definition) is 6. The molecule has 6 atom stereocenters. The molecule has 6 heteroatoms. The first-order chi connectivity index (χ1) is 11.7. The maximum Gasteiger partial charge on any atom is 0.334 e. The molecule has 0 radical (unpaired) electrons. The van der Waals surface area contributed by atoms with Crippen molar-refractivity contribution in [1.29, 1.82) is 0 Å². The Morgan fingerprint density at radius 2 is 2.12 bits per heavy atom. The average Bonchev–Trinajstić information content (AvgIpc) is 2.90. The lowest BCUT2D eigenvalue weighted by molar-refractivity contribution is -0.154. The summed E-state index contributed by atoms with van der Waals surface area (Å²) in [7, 11) is 0. The SMILES string of the molecule is C=C1C(=O)OC2CC(=C)C3C(OC(=O)C(C)C)CC(O)(CO)C3CC12. The van der Waals surface area contributed by atoms with Gasteiger partial charge in [-0.3, -0.25) is 4.79 Å². The second-order valence-electron chi connectivity index (χ2n) is 7.90. The summed E-state index contributed by atoms with van der Waals surface area (Å²) in [5.74, 6) is -1.86. The van der Waals surface area contributed by atoms with Crippen molar-refractivity contribution in [3.8, 4) is 0 Å². The molecule has 0 bridgehead atoms. The molecule has 0 amide bonds. The van der Waals surface area contributed by atoms with Crippen molar-refractivity contribution in [3.05, 3.63) is 24.3 Å². The molecule has 6 unspecified atom stereocenters. The Labute approximate surface area is 147 Å².